The van der Waals surface area contributed by atoms with E-state index >= 15 is 0 Å². The molecule has 0 saturated carbocycles. The van der Waals surface area contributed by atoms with E-state index in [2.05, 4.69) is 10.3 Å². The number of benzene rings is 1. The Kier molecular flexibility index (Phi) is 2.36. The number of rotatable bonds is 3. The third-order valence-electron chi connectivity index (χ3n) is 1.89. The molecule has 0 aliphatic rings. The van der Waals surface area contributed by atoms with Gasteiger partial charge in [-0.25, -0.2) is 0 Å². The summed E-state index contributed by atoms with van der Waals surface area (Å²) in [5.74, 6) is 0. The van der Waals surface area contributed by atoms with Crippen molar-refractivity contribution in [1.29, 1.82) is 0 Å². The SMILES string of the molecule is O=Cn1cc(Cc2ccccc2)nn1. The highest BCUT2D eigenvalue weighted by Crippen LogP contribution is 2.04. The van der Waals surface area contributed by atoms with Crippen LogP contribution in [0.2, 0.25) is 0 Å². The van der Waals surface area contributed by atoms with E-state index in [9.17, 15) is 4.79 Å². The van der Waals surface area contributed by atoms with Crippen LogP contribution >= 0.6 is 0 Å². The maximum Gasteiger partial charge on any atom is 0.235 e. The van der Waals surface area contributed by atoms with Gasteiger partial charge in [-0.15, -0.1) is 5.10 Å². The highest BCUT2D eigenvalue weighted by Gasteiger charge is 2.00. The Balaban J connectivity index is 2.15. The second kappa shape index (κ2) is 3.83. The van der Waals surface area contributed by atoms with Crippen molar-refractivity contribution in [3.8, 4) is 0 Å². The van der Waals surface area contributed by atoms with E-state index in [1.54, 1.807) is 6.20 Å². The van der Waals surface area contributed by atoms with Gasteiger partial charge in [0, 0.05) is 6.42 Å². The quantitative estimate of drug-likeness (QED) is 0.671. The van der Waals surface area contributed by atoms with E-state index in [1.165, 1.54) is 0 Å². The molecule has 1 aromatic carbocycles. The Morgan fingerprint density at radius 1 is 1.29 bits per heavy atom. The number of carbonyl (C=O) groups excluding carboxylic acids is 1. The molecule has 1 aromatic heterocycles. The minimum absolute atomic E-state index is 0.626. The van der Waals surface area contributed by atoms with Crippen LogP contribution < -0.4 is 0 Å². The van der Waals surface area contributed by atoms with Crippen molar-refractivity contribution >= 4 is 6.41 Å². The van der Waals surface area contributed by atoms with Crippen LogP contribution in [0.25, 0.3) is 0 Å². The van der Waals surface area contributed by atoms with Gasteiger partial charge in [0.05, 0.1) is 11.9 Å². The molecule has 1 heterocycles. The third-order valence-corrected chi connectivity index (χ3v) is 1.89. The number of nitrogens with zero attached hydrogens (tertiary/aromatic N) is 3. The van der Waals surface area contributed by atoms with Gasteiger partial charge in [0.15, 0.2) is 0 Å². The zero-order valence-electron chi connectivity index (χ0n) is 7.50. The van der Waals surface area contributed by atoms with Crippen LogP contribution in [0.5, 0.6) is 0 Å². The Morgan fingerprint density at radius 3 is 2.71 bits per heavy atom. The van der Waals surface area contributed by atoms with Crippen LogP contribution in [0.1, 0.15) is 11.3 Å². The first-order valence-corrected chi connectivity index (χ1v) is 4.28. The van der Waals surface area contributed by atoms with Gasteiger partial charge >= 0.3 is 0 Å². The number of carbonyl (C=O) groups is 1. The smallest absolute Gasteiger partial charge is 0.235 e. The summed E-state index contributed by atoms with van der Waals surface area (Å²) in [7, 11) is 0. The normalized spacial score (nSPS) is 10.0. The number of aromatic nitrogens is 3. The van der Waals surface area contributed by atoms with Gasteiger partial charge in [-0.3, -0.25) is 4.79 Å². The highest BCUT2D eigenvalue weighted by molar-refractivity contribution is 5.49. The minimum Gasteiger partial charge on any atom is -0.276 e. The van der Waals surface area contributed by atoms with Gasteiger partial charge in [-0.2, -0.15) is 4.68 Å². The zero-order chi connectivity index (χ0) is 9.80. The summed E-state index contributed by atoms with van der Waals surface area (Å²) in [6.07, 6.45) is 2.95. The molecule has 2 rings (SSSR count). The molecule has 0 aliphatic carbocycles. The molecular weight excluding hydrogens is 178 g/mol. The summed E-state index contributed by atoms with van der Waals surface area (Å²) in [4.78, 5) is 10.3. The van der Waals surface area contributed by atoms with Crippen molar-refractivity contribution in [3.05, 3.63) is 47.8 Å². The topological polar surface area (TPSA) is 47.8 Å². The van der Waals surface area contributed by atoms with E-state index in [0.29, 0.717) is 12.8 Å². The second-order valence-electron chi connectivity index (χ2n) is 2.96. The Bertz CT molecular complexity index is 422. The molecule has 0 saturated heterocycles. The Hall–Kier alpha value is -1.97. The Morgan fingerprint density at radius 2 is 2.07 bits per heavy atom. The molecule has 0 bridgehead atoms. The molecule has 0 atom stereocenters. The van der Waals surface area contributed by atoms with Gasteiger partial charge in [0.2, 0.25) is 6.41 Å². The van der Waals surface area contributed by atoms with Crippen molar-refractivity contribution in [1.82, 2.24) is 15.0 Å². The fourth-order valence-corrected chi connectivity index (χ4v) is 1.25. The molecule has 4 heteroatoms. The van der Waals surface area contributed by atoms with Crippen LogP contribution in [0, 0.1) is 0 Å². The largest absolute Gasteiger partial charge is 0.276 e. The number of hydrogen-bond donors (Lipinski definition) is 0. The van der Waals surface area contributed by atoms with Crippen LogP contribution in [0.3, 0.4) is 0 Å². The lowest BCUT2D eigenvalue weighted by Gasteiger charge is -1.94. The van der Waals surface area contributed by atoms with Crippen molar-refractivity contribution in [2.24, 2.45) is 0 Å². The van der Waals surface area contributed by atoms with Crippen LogP contribution in [-0.2, 0) is 11.2 Å². The minimum atomic E-state index is 0.626. The summed E-state index contributed by atoms with van der Waals surface area (Å²) >= 11 is 0. The van der Waals surface area contributed by atoms with Gasteiger partial charge in [-0.1, -0.05) is 35.5 Å². The van der Waals surface area contributed by atoms with E-state index in [0.717, 1.165) is 15.9 Å². The lowest BCUT2D eigenvalue weighted by Crippen LogP contribution is -1.93. The second-order valence-corrected chi connectivity index (χ2v) is 2.96. The van der Waals surface area contributed by atoms with E-state index in [4.69, 9.17) is 0 Å². The molecule has 0 amide bonds. The molecule has 2 aromatic rings. The summed E-state index contributed by atoms with van der Waals surface area (Å²) in [6.45, 7) is 0. The van der Waals surface area contributed by atoms with Crippen LogP contribution in [-0.4, -0.2) is 21.4 Å². The average Bonchev–Trinajstić information content (AvgIpc) is 2.67. The fourth-order valence-electron chi connectivity index (χ4n) is 1.25. The maximum atomic E-state index is 10.3. The fraction of sp³-hybridized carbons (Fsp3) is 0.100. The van der Waals surface area contributed by atoms with Crippen LogP contribution in [0.15, 0.2) is 36.5 Å². The first-order chi connectivity index (χ1) is 6.88. The Labute approximate surface area is 81.2 Å². The maximum absolute atomic E-state index is 10.3. The van der Waals surface area contributed by atoms with E-state index in [1.807, 2.05) is 30.3 Å². The monoisotopic (exact) mass is 187 g/mol. The van der Waals surface area contributed by atoms with Crippen molar-refractivity contribution in [2.75, 3.05) is 0 Å². The summed E-state index contributed by atoms with van der Waals surface area (Å²) in [5.41, 5.74) is 1.95. The molecule has 0 aliphatic heterocycles. The summed E-state index contributed by atoms with van der Waals surface area (Å²) in [6, 6.07) is 9.94. The standard InChI is InChI=1S/C10H9N3O/c14-8-13-7-10(11-12-13)6-9-4-2-1-3-5-9/h1-5,7-8H,6H2. The van der Waals surface area contributed by atoms with Crippen molar-refractivity contribution < 1.29 is 4.79 Å². The molecule has 4 nitrogen and oxygen atoms in total. The first-order valence-electron chi connectivity index (χ1n) is 4.28. The summed E-state index contributed by atoms with van der Waals surface area (Å²) < 4.78 is 1.16. The predicted octanol–water partition coefficient (Wildman–Crippen LogP) is 0.907. The third kappa shape index (κ3) is 1.85. The van der Waals surface area contributed by atoms with Gasteiger partial charge < -0.3 is 0 Å². The van der Waals surface area contributed by atoms with Crippen LogP contribution in [0.4, 0.5) is 0 Å². The van der Waals surface area contributed by atoms with E-state index < -0.39 is 0 Å². The molecule has 0 N–H and O–H groups in total. The zero-order valence-corrected chi connectivity index (χ0v) is 7.50. The molecule has 0 radical (unpaired) electrons. The molecule has 14 heavy (non-hydrogen) atoms. The molecule has 70 valence electrons. The van der Waals surface area contributed by atoms with Gasteiger partial charge in [0.25, 0.3) is 0 Å². The lowest BCUT2D eigenvalue weighted by atomic mass is 10.1. The lowest BCUT2D eigenvalue weighted by molar-refractivity contribution is 0.538. The predicted molar refractivity (Wildman–Crippen MR) is 51.4 cm³/mol. The molecule has 0 spiro atoms. The van der Waals surface area contributed by atoms with Crippen molar-refractivity contribution in [2.45, 2.75) is 6.42 Å². The highest BCUT2D eigenvalue weighted by atomic mass is 16.1. The van der Waals surface area contributed by atoms with E-state index in [-0.39, 0.29) is 0 Å². The van der Waals surface area contributed by atoms with Gasteiger partial charge in [0.1, 0.15) is 0 Å². The molecule has 0 unspecified atom stereocenters. The average molecular weight is 187 g/mol. The first kappa shape index (κ1) is 8.62. The summed E-state index contributed by atoms with van der Waals surface area (Å²) in [5, 5.41) is 7.49. The molecular formula is C10H9N3O. The van der Waals surface area contributed by atoms with Gasteiger partial charge in [-0.05, 0) is 5.56 Å². The van der Waals surface area contributed by atoms with Crippen molar-refractivity contribution in [3.63, 3.8) is 0 Å². The number of hydrogen-bond acceptors (Lipinski definition) is 3. The molecule has 0 fully saturated rings.